The van der Waals surface area contributed by atoms with Crippen LogP contribution in [0.2, 0.25) is 0 Å². The minimum atomic E-state index is -3.18. The molecule has 0 heterocycles. The first-order valence-corrected chi connectivity index (χ1v) is 4.61. The predicted octanol–water partition coefficient (Wildman–Crippen LogP) is 1.74. The molecule has 0 aliphatic rings. The van der Waals surface area contributed by atoms with Gasteiger partial charge in [-0.3, -0.25) is 10.1 Å². The number of nitrogens with one attached hydrogen (secondary N) is 1. The number of nitro benzene ring substituents is 1. The third kappa shape index (κ3) is 3.59. The summed E-state index contributed by atoms with van der Waals surface area (Å²) in [5.74, 6) is -3.99. The van der Waals surface area contributed by atoms with Gasteiger partial charge in [-0.1, -0.05) is 0 Å². The van der Waals surface area contributed by atoms with Crippen molar-refractivity contribution in [1.82, 2.24) is 0 Å². The minimum Gasteiger partial charge on any atom is -0.373 e. The average Bonchev–Trinajstić information content (AvgIpc) is 2.27. The Morgan fingerprint density at radius 2 is 2.12 bits per heavy atom. The number of rotatable bonds is 5. The molecule has 1 aromatic rings. The van der Waals surface area contributed by atoms with Crippen molar-refractivity contribution < 1.29 is 18.1 Å². The second-order valence-electron chi connectivity index (χ2n) is 3.33. The summed E-state index contributed by atoms with van der Waals surface area (Å²) in [4.78, 5) is 9.70. The topological polar surface area (TPSA) is 81.2 Å². The maximum absolute atomic E-state index is 12.8. The quantitative estimate of drug-likeness (QED) is 0.615. The summed E-state index contributed by atoms with van der Waals surface area (Å²) >= 11 is 0. The molecule has 0 spiro atoms. The van der Waals surface area contributed by atoms with E-state index in [4.69, 9.17) is 5.73 Å². The van der Waals surface area contributed by atoms with E-state index in [0.717, 1.165) is 12.1 Å². The lowest BCUT2D eigenvalue weighted by Gasteiger charge is -2.15. The predicted molar refractivity (Wildman–Crippen MR) is 55.5 cm³/mol. The molecule has 0 aliphatic heterocycles. The van der Waals surface area contributed by atoms with E-state index in [9.17, 15) is 23.3 Å². The fourth-order valence-electron chi connectivity index (χ4n) is 1.10. The van der Waals surface area contributed by atoms with E-state index < -0.39 is 35.4 Å². The number of nitro groups is 1. The Balaban J connectivity index is 2.88. The van der Waals surface area contributed by atoms with Crippen molar-refractivity contribution in [3.8, 4) is 0 Å². The molecule has 0 aliphatic carbocycles. The van der Waals surface area contributed by atoms with Gasteiger partial charge in [0.05, 0.1) is 24.1 Å². The van der Waals surface area contributed by atoms with Crippen LogP contribution in [0.3, 0.4) is 0 Å². The van der Waals surface area contributed by atoms with Crippen LogP contribution in [0.5, 0.6) is 0 Å². The smallest absolute Gasteiger partial charge is 0.295 e. The van der Waals surface area contributed by atoms with Crippen LogP contribution in [0.15, 0.2) is 18.2 Å². The van der Waals surface area contributed by atoms with Crippen molar-refractivity contribution in [3.63, 3.8) is 0 Å². The highest BCUT2D eigenvalue weighted by Gasteiger charge is 2.27. The van der Waals surface area contributed by atoms with Gasteiger partial charge in [-0.05, 0) is 12.1 Å². The third-order valence-electron chi connectivity index (χ3n) is 1.99. The van der Waals surface area contributed by atoms with Gasteiger partial charge in [0.15, 0.2) is 0 Å². The molecule has 94 valence electrons. The highest BCUT2D eigenvalue weighted by molar-refractivity contribution is 5.61. The number of nitrogens with two attached hydrogens (primary N) is 1. The lowest BCUT2D eigenvalue weighted by Crippen LogP contribution is -2.35. The van der Waals surface area contributed by atoms with Crippen molar-refractivity contribution in [2.24, 2.45) is 5.73 Å². The first-order chi connectivity index (χ1) is 7.85. The number of alkyl halides is 2. The van der Waals surface area contributed by atoms with Gasteiger partial charge in [-0.2, -0.15) is 0 Å². The molecule has 0 aromatic heterocycles. The van der Waals surface area contributed by atoms with Crippen LogP contribution >= 0.6 is 0 Å². The average molecular weight is 249 g/mol. The molecule has 0 unspecified atom stereocenters. The van der Waals surface area contributed by atoms with Crippen molar-refractivity contribution in [2.45, 2.75) is 5.92 Å². The van der Waals surface area contributed by atoms with Crippen molar-refractivity contribution in [3.05, 3.63) is 34.1 Å². The summed E-state index contributed by atoms with van der Waals surface area (Å²) in [7, 11) is 0. The summed E-state index contributed by atoms with van der Waals surface area (Å²) in [6.07, 6.45) is 0. The lowest BCUT2D eigenvalue weighted by atomic mass is 10.2. The molecule has 5 nitrogen and oxygen atoms in total. The zero-order chi connectivity index (χ0) is 13.1. The van der Waals surface area contributed by atoms with Gasteiger partial charge in [0.25, 0.3) is 11.6 Å². The SMILES string of the molecule is NCC(F)(F)CNc1ccc(F)cc1[N+](=O)[O-]. The molecule has 1 aromatic carbocycles. The number of hydrogen-bond acceptors (Lipinski definition) is 4. The number of nitrogens with zero attached hydrogens (tertiary/aromatic N) is 1. The Bertz CT molecular complexity index is 426. The van der Waals surface area contributed by atoms with Gasteiger partial charge in [0.1, 0.15) is 11.5 Å². The van der Waals surface area contributed by atoms with Crippen LogP contribution in [0.4, 0.5) is 24.5 Å². The van der Waals surface area contributed by atoms with Gasteiger partial charge in [0, 0.05) is 0 Å². The van der Waals surface area contributed by atoms with Crippen LogP contribution in [0.25, 0.3) is 0 Å². The monoisotopic (exact) mass is 249 g/mol. The zero-order valence-corrected chi connectivity index (χ0v) is 8.62. The Labute approximate surface area is 94.6 Å². The zero-order valence-electron chi connectivity index (χ0n) is 8.62. The minimum absolute atomic E-state index is 0.176. The van der Waals surface area contributed by atoms with Crippen LogP contribution < -0.4 is 11.1 Å². The Morgan fingerprint density at radius 1 is 1.47 bits per heavy atom. The van der Waals surface area contributed by atoms with E-state index in [2.05, 4.69) is 5.32 Å². The first-order valence-electron chi connectivity index (χ1n) is 4.61. The molecule has 1 rings (SSSR count). The summed E-state index contributed by atoms with van der Waals surface area (Å²) < 4.78 is 38.4. The number of halogens is 3. The van der Waals surface area contributed by atoms with E-state index in [1.54, 1.807) is 0 Å². The summed E-state index contributed by atoms with van der Waals surface area (Å²) in [6, 6.07) is 2.62. The molecule has 0 radical (unpaired) electrons. The lowest BCUT2D eigenvalue weighted by molar-refractivity contribution is -0.384. The third-order valence-corrected chi connectivity index (χ3v) is 1.99. The molecule has 0 amide bonds. The summed E-state index contributed by atoms with van der Waals surface area (Å²) in [5.41, 5.74) is 4.03. The molecule has 0 atom stereocenters. The van der Waals surface area contributed by atoms with Gasteiger partial charge < -0.3 is 11.1 Å². The number of anilines is 1. The van der Waals surface area contributed by atoms with Crippen LogP contribution in [-0.4, -0.2) is 23.9 Å². The largest absolute Gasteiger partial charge is 0.373 e. The molecule has 0 saturated carbocycles. The molecule has 0 bridgehead atoms. The molecular formula is C9H10F3N3O2. The summed E-state index contributed by atoms with van der Waals surface area (Å²) in [5, 5.41) is 12.7. The molecule has 3 N–H and O–H groups in total. The maximum Gasteiger partial charge on any atom is 0.295 e. The second-order valence-corrected chi connectivity index (χ2v) is 3.33. The molecule has 0 fully saturated rings. The molecule has 0 saturated heterocycles. The van der Waals surface area contributed by atoms with E-state index in [1.807, 2.05) is 0 Å². The van der Waals surface area contributed by atoms with Gasteiger partial charge in [0.2, 0.25) is 0 Å². The van der Waals surface area contributed by atoms with E-state index >= 15 is 0 Å². The normalized spacial score (nSPS) is 11.3. The van der Waals surface area contributed by atoms with Crippen molar-refractivity contribution in [2.75, 3.05) is 18.4 Å². The van der Waals surface area contributed by atoms with E-state index in [1.165, 1.54) is 0 Å². The van der Waals surface area contributed by atoms with Crippen molar-refractivity contribution in [1.29, 1.82) is 0 Å². The maximum atomic E-state index is 12.8. The standard InChI is InChI=1S/C9H10F3N3O2/c10-6-1-2-7(8(3-6)15(16)17)14-5-9(11,12)4-13/h1-3,14H,4-5,13H2. The first kappa shape index (κ1) is 13.2. The van der Waals surface area contributed by atoms with E-state index in [-0.39, 0.29) is 5.69 Å². The molecule has 8 heteroatoms. The Kier molecular flexibility index (Phi) is 3.89. The highest BCUT2D eigenvalue weighted by atomic mass is 19.3. The van der Waals surface area contributed by atoms with Crippen LogP contribution in [0, 0.1) is 15.9 Å². The van der Waals surface area contributed by atoms with Gasteiger partial charge in [-0.25, -0.2) is 13.2 Å². The Hall–Kier alpha value is -1.83. The summed E-state index contributed by atoms with van der Waals surface area (Å²) in [6.45, 7) is -1.73. The number of benzene rings is 1. The fourth-order valence-corrected chi connectivity index (χ4v) is 1.10. The van der Waals surface area contributed by atoms with Gasteiger partial charge >= 0.3 is 0 Å². The van der Waals surface area contributed by atoms with Gasteiger partial charge in [-0.15, -0.1) is 0 Å². The van der Waals surface area contributed by atoms with Crippen LogP contribution in [-0.2, 0) is 0 Å². The number of hydrogen-bond donors (Lipinski definition) is 2. The molecular weight excluding hydrogens is 239 g/mol. The van der Waals surface area contributed by atoms with E-state index in [0.29, 0.717) is 6.07 Å². The Morgan fingerprint density at radius 3 is 2.65 bits per heavy atom. The van der Waals surface area contributed by atoms with Crippen LogP contribution in [0.1, 0.15) is 0 Å². The highest BCUT2D eigenvalue weighted by Crippen LogP contribution is 2.26. The molecule has 17 heavy (non-hydrogen) atoms. The fraction of sp³-hybridized carbons (Fsp3) is 0.333. The van der Waals surface area contributed by atoms with Crippen molar-refractivity contribution >= 4 is 11.4 Å². The second kappa shape index (κ2) is 5.00.